The lowest BCUT2D eigenvalue weighted by molar-refractivity contribution is -0.249. The number of rotatable bonds is 3. The van der Waals surface area contributed by atoms with Crippen molar-refractivity contribution in [2.45, 2.75) is 70.0 Å². The lowest BCUT2D eigenvalue weighted by atomic mass is 10.1. The molecule has 1 aromatic carbocycles. The number of nitrogens with zero attached hydrogens (tertiary/aromatic N) is 3. The minimum atomic E-state index is -0.762. The molecule has 0 N–H and O–H groups in total. The van der Waals surface area contributed by atoms with Gasteiger partial charge in [0.15, 0.2) is 17.7 Å². The Morgan fingerprint density at radius 2 is 1.86 bits per heavy atom. The van der Waals surface area contributed by atoms with E-state index in [1.807, 2.05) is 27.7 Å². The van der Waals surface area contributed by atoms with Crippen LogP contribution in [0.1, 0.15) is 27.7 Å². The Kier molecular flexibility index (Phi) is 4.14. The predicted molar refractivity (Wildman–Crippen MR) is 96.5 cm³/mol. The maximum Gasteiger partial charge on any atom is 0.256 e. The van der Waals surface area contributed by atoms with Crippen LogP contribution in [0.25, 0.3) is 11.0 Å². The number of benzene rings is 1. The first-order valence-corrected chi connectivity index (χ1v) is 9.60. The van der Waals surface area contributed by atoms with Gasteiger partial charge in [-0.3, -0.25) is 0 Å². The van der Waals surface area contributed by atoms with Crippen molar-refractivity contribution >= 4 is 22.6 Å². The molecule has 3 fully saturated rings. The summed E-state index contributed by atoms with van der Waals surface area (Å²) < 4.78 is 30.0. The number of hydrogen-bond acceptors (Lipinski definition) is 8. The molecule has 3 aliphatic rings. The molecule has 0 bridgehead atoms. The predicted octanol–water partition coefficient (Wildman–Crippen LogP) is 1.91. The summed E-state index contributed by atoms with van der Waals surface area (Å²) in [5.41, 5.74) is 1.30. The Balaban J connectivity index is 1.42. The van der Waals surface area contributed by atoms with E-state index in [4.69, 9.17) is 40.1 Å². The zero-order chi connectivity index (χ0) is 19.7. The van der Waals surface area contributed by atoms with Crippen molar-refractivity contribution in [3.8, 4) is 0 Å². The van der Waals surface area contributed by atoms with Gasteiger partial charge in [0.05, 0.1) is 6.61 Å². The second-order valence-corrected chi connectivity index (χ2v) is 8.54. The molecular weight excluding hydrogens is 390 g/mol. The van der Waals surface area contributed by atoms with Crippen LogP contribution in [0.15, 0.2) is 18.2 Å². The Morgan fingerprint density at radius 3 is 2.61 bits per heavy atom. The summed E-state index contributed by atoms with van der Waals surface area (Å²) in [6, 6.07) is 5.25. The minimum Gasteiger partial charge on any atom is -0.360 e. The third kappa shape index (κ3) is 3.16. The van der Waals surface area contributed by atoms with Crippen LogP contribution in [0.5, 0.6) is 0 Å². The molecule has 0 saturated carbocycles. The van der Waals surface area contributed by atoms with E-state index in [0.717, 1.165) is 0 Å². The maximum atomic E-state index is 6.15. The molecule has 0 unspecified atom stereocenters. The largest absolute Gasteiger partial charge is 0.360 e. The third-order valence-corrected chi connectivity index (χ3v) is 5.26. The third-order valence-electron chi connectivity index (χ3n) is 5.02. The van der Waals surface area contributed by atoms with Crippen LogP contribution in [0.3, 0.4) is 0 Å². The molecule has 152 valence electrons. The van der Waals surface area contributed by atoms with Crippen LogP contribution in [0.4, 0.5) is 0 Å². The molecule has 0 spiro atoms. The van der Waals surface area contributed by atoms with Gasteiger partial charge in [0.25, 0.3) is 6.29 Å². The van der Waals surface area contributed by atoms with Gasteiger partial charge in [-0.15, -0.1) is 5.10 Å². The molecule has 4 heterocycles. The van der Waals surface area contributed by atoms with Crippen molar-refractivity contribution in [1.82, 2.24) is 15.2 Å². The Hall–Kier alpha value is -1.49. The molecule has 28 heavy (non-hydrogen) atoms. The first-order chi connectivity index (χ1) is 13.2. The summed E-state index contributed by atoms with van der Waals surface area (Å²) in [7, 11) is 0. The van der Waals surface area contributed by atoms with E-state index in [1.165, 1.54) is 4.85 Å². The van der Waals surface area contributed by atoms with Gasteiger partial charge < -0.3 is 28.5 Å². The van der Waals surface area contributed by atoms with Crippen molar-refractivity contribution < 1.29 is 28.5 Å². The van der Waals surface area contributed by atoms with Gasteiger partial charge in [0.2, 0.25) is 0 Å². The number of fused-ring (bicyclic) bond motifs is 2. The molecule has 10 heteroatoms. The first-order valence-electron chi connectivity index (χ1n) is 9.22. The van der Waals surface area contributed by atoms with Crippen molar-refractivity contribution in [2.24, 2.45) is 0 Å². The molecule has 3 aliphatic heterocycles. The van der Waals surface area contributed by atoms with E-state index in [9.17, 15) is 0 Å². The second kappa shape index (κ2) is 6.25. The minimum absolute atomic E-state index is 0.296. The van der Waals surface area contributed by atoms with Crippen LogP contribution in [0, 0.1) is 0 Å². The van der Waals surface area contributed by atoms with E-state index in [-0.39, 0.29) is 12.2 Å². The topological polar surface area (TPSA) is 86.1 Å². The SMILES string of the molecule is CC1(C)O[C@H]2[C@H](O1)[C@H](On1nnc3ccc(Cl)cc31)O[C@H]2[C@@H]1COC(C)(C)O1. The molecular formula is C18H22ClN3O6. The molecule has 0 radical (unpaired) electrons. The molecule has 2 aromatic rings. The summed E-state index contributed by atoms with van der Waals surface area (Å²) in [5, 5.41) is 8.70. The molecule has 3 saturated heterocycles. The van der Waals surface area contributed by atoms with Gasteiger partial charge in [0.1, 0.15) is 29.3 Å². The van der Waals surface area contributed by atoms with E-state index >= 15 is 0 Å². The summed E-state index contributed by atoms with van der Waals surface area (Å²) in [6.07, 6.45) is -2.27. The molecule has 9 nitrogen and oxygen atoms in total. The van der Waals surface area contributed by atoms with E-state index in [0.29, 0.717) is 22.7 Å². The maximum absolute atomic E-state index is 6.15. The molecule has 1 aromatic heterocycles. The number of ether oxygens (including phenoxy) is 5. The van der Waals surface area contributed by atoms with E-state index in [1.54, 1.807) is 18.2 Å². The second-order valence-electron chi connectivity index (χ2n) is 8.10. The monoisotopic (exact) mass is 411 g/mol. The highest BCUT2D eigenvalue weighted by Crippen LogP contribution is 2.42. The summed E-state index contributed by atoms with van der Waals surface area (Å²) in [4.78, 5) is 7.29. The van der Waals surface area contributed by atoms with Gasteiger partial charge in [-0.05, 0) is 51.1 Å². The summed E-state index contributed by atoms with van der Waals surface area (Å²) in [5.74, 6) is -1.43. The van der Waals surface area contributed by atoms with E-state index in [2.05, 4.69) is 10.3 Å². The van der Waals surface area contributed by atoms with Crippen LogP contribution in [0.2, 0.25) is 5.02 Å². The number of aromatic nitrogens is 3. The zero-order valence-electron chi connectivity index (χ0n) is 16.0. The van der Waals surface area contributed by atoms with Crippen molar-refractivity contribution in [2.75, 3.05) is 6.61 Å². The van der Waals surface area contributed by atoms with Gasteiger partial charge in [0, 0.05) is 5.02 Å². The fraction of sp³-hybridized carbons (Fsp3) is 0.667. The van der Waals surface area contributed by atoms with Gasteiger partial charge >= 0.3 is 0 Å². The summed E-state index contributed by atoms with van der Waals surface area (Å²) in [6.45, 7) is 7.86. The van der Waals surface area contributed by atoms with Crippen LogP contribution < -0.4 is 4.84 Å². The van der Waals surface area contributed by atoms with Crippen LogP contribution in [-0.4, -0.2) is 64.0 Å². The van der Waals surface area contributed by atoms with Gasteiger partial charge in [-0.2, -0.15) is 0 Å². The highest BCUT2D eigenvalue weighted by molar-refractivity contribution is 6.31. The van der Waals surface area contributed by atoms with Crippen LogP contribution in [-0.2, 0) is 23.7 Å². The molecule has 0 amide bonds. The van der Waals surface area contributed by atoms with Crippen LogP contribution >= 0.6 is 11.6 Å². The summed E-state index contributed by atoms with van der Waals surface area (Å²) >= 11 is 6.10. The number of hydrogen-bond donors (Lipinski definition) is 0. The normalized spacial score (nSPS) is 36.1. The first kappa shape index (κ1) is 18.5. The standard InChI is InChI=1S/C18H22ClN3O6/c1-17(2)23-8-12(25-17)13-14-15(27-18(3,4)26-14)16(24-13)28-22-11-7-9(19)5-6-10(11)20-21-22/h5-7,12-16H,8H2,1-4H3/t12-,13-,14+,15-,16-/m0/s1. The Morgan fingerprint density at radius 1 is 1.07 bits per heavy atom. The smallest absolute Gasteiger partial charge is 0.256 e. The van der Waals surface area contributed by atoms with E-state index < -0.39 is 30.1 Å². The number of halogens is 1. The van der Waals surface area contributed by atoms with Crippen molar-refractivity contribution in [3.05, 3.63) is 23.2 Å². The molecule has 5 atom stereocenters. The Bertz CT molecular complexity index is 903. The highest BCUT2D eigenvalue weighted by atomic mass is 35.5. The van der Waals surface area contributed by atoms with Crippen molar-refractivity contribution in [3.63, 3.8) is 0 Å². The van der Waals surface area contributed by atoms with Gasteiger partial charge in [-0.1, -0.05) is 16.4 Å². The van der Waals surface area contributed by atoms with Crippen molar-refractivity contribution in [1.29, 1.82) is 0 Å². The molecule has 5 rings (SSSR count). The Labute approximate surface area is 166 Å². The quantitative estimate of drug-likeness (QED) is 0.757. The zero-order valence-corrected chi connectivity index (χ0v) is 16.8. The van der Waals surface area contributed by atoms with Gasteiger partial charge in [-0.25, -0.2) is 0 Å². The average molecular weight is 412 g/mol. The fourth-order valence-corrected chi connectivity index (χ4v) is 4.07. The highest BCUT2D eigenvalue weighted by Gasteiger charge is 2.60. The lowest BCUT2D eigenvalue weighted by Crippen LogP contribution is -2.40. The average Bonchev–Trinajstić information content (AvgIpc) is 3.32. The molecule has 0 aliphatic carbocycles. The fourth-order valence-electron chi connectivity index (χ4n) is 3.90. The lowest BCUT2D eigenvalue weighted by Gasteiger charge is -2.26.